The Morgan fingerprint density at radius 3 is 3.05 bits per heavy atom. The van der Waals surface area contributed by atoms with Gasteiger partial charge in [0.25, 0.3) is 0 Å². The van der Waals surface area contributed by atoms with Crippen molar-refractivity contribution in [3.63, 3.8) is 0 Å². The van der Waals surface area contributed by atoms with E-state index in [1.165, 1.54) is 12.8 Å². The summed E-state index contributed by atoms with van der Waals surface area (Å²) in [7, 11) is 0. The maximum atomic E-state index is 12.0. The van der Waals surface area contributed by atoms with E-state index in [2.05, 4.69) is 10.3 Å². The van der Waals surface area contributed by atoms with Gasteiger partial charge in [-0.2, -0.15) is 0 Å². The van der Waals surface area contributed by atoms with Gasteiger partial charge in [-0.1, -0.05) is 6.07 Å². The van der Waals surface area contributed by atoms with Gasteiger partial charge in [-0.25, -0.2) is 4.79 Å². The molecule has 1 saturated carbocycles. The number of rotatable bonds is 5. The van der Waals surface area contributed by atoms with Crippen LogP contribution in [-0.4, -0.2) is 41.7 Å². The zero-order valence-corrected chi connectivity index (χ0v) is 11.6. The van der Waals surface area contributed by atoms with Crippen LogP contribution in [0.3, 0.4) is 0 Å². The third-order valence-corrected chi connectivity index (χ3v) is 3.84. The minimum absolute atomic E-state index is 0.0202. The monoisotopic (exact) mass is 275 g/mol. The number of amides is 2. The standard InChI is InChI=1S/C15H21N3O2/c19-15(17-9-13-3-1-2-7-16-13)18-8-6-14(10-18)20-11-12-4-5-12/h1-3,7,12,14H,4-6,8-11H2,(H,17,19). The van der Waals surface area contributed by atoms with E-state index in [-0.39, 0.29) is 12.1 Å². The van der Waals surface area contributed by atoms with Gasteiger partial charge in [0.05, 0.1) is 18.3 Å². The van der Waals surface area contributed by atoms with Crippen molar-refractivity contribution < 1.29 is 9.53 Å². The molecule has 1 aliphatic carbocycles. The molecular formula is C15H21N3O2. The van der Waals surface area contributed by atoms with Crippen molar-refractivity contribution in [2.24, 2.45) is 5.92 Å². The minimum atomic E-state index is -0.0202. The molecule has 1 aromatic heterocycles. The normalized spacial score (nSPS) is 22.0. The van der Waals surface area contributed by atoms with E-state index >= 15 is 0 Å². The van der Waals surface area contributed by atoms with Crippen LogP contribution in [0.5, 0.6) is 0 Å². The molecule has 1 saturated heterocycles. The quantitative estimate of drug-likeness (QED) is 0.891. The summed E-state index contributed by atoms with van der Waals surface area (Å²) in [6.45, 7) is 2.84. The Kier molecular flexibility index (Phi) is 4.16. The molecule has 108 valence electrons. The summed E-state index contributed by atoms with van der Waals surface area (Å²) in [5.41, 5.74) is 0.876. The van der Waals surface area contributed by atoms with Crippen LogP contribution < -0.4 is 5.32 Å². The number of carbonyl (C=O) groups excluding carboxylic acids is 1. The van der Waals surface area contributed by atoms with Crippen LogP contribution in [0.1, 0.15) is 25.0 Å². The summed E-state index contributed by atoms with van der Waals surface area (Å²) >= 11 is 0. The summed E-state index contributed by atoms with van der Waals surface area (Å²) < 4.78 is 5.84. The first-order chi connectivity index (χ1) is 9.81. The highest BCUT2D eigenvalue weighted by molar-refractivity contribution is 5.74. The number of nitrogens with one attached hydrogen (secondary N) is 1. The van der Waals surface area contributed by atoms with Gasteiger partial charge in [0.15, 0.2) is 0 Å². The van der Waals surface area contributed by atoms with Crippen molar-refractivity contribution in [2.45, 2.75) is 31.9 Å². The molecular weight excluding hydrogens is 254 g/mol. The number of hydrogen-bond acceptors (Lipinski definition) is 3. The van der Waals surface area contributed by atoms with Crippen LogP contribution in [0.4, 0.5) is 4.79 Å². The van der Waals surface area contributed by atoms with Gasteiger partial charge in [-0.05, 0) is 37.3 Å². The van der Waals surface area contributed by atoms with E-state index in [9.17, 15) is 4.79 Å². The third-order valence-electron chi connectivity index (χ3n) is 3.84. The van der Waals surface area contributed by atoms with Crippen LogP contribution in [0.25, 0.3) is 0 Å². The largest absolute Gasteiger partial charge is 0.376 e. The predicted octanol–water partition coefficient (Wildman–Crippen LogP) is 1.79. The number of hydrogen-bond donors (Lipinski definition) is 1. The fraction of sp³-hybridized carbons (Fsp3) is 0.600. The Bertz CT molecular complexity index is 448. The summed E-state index contributed by atoms with van der Waals surface area (Å²) in [5.74, 6) is 0.780. The first-order valence-corrected chi connectivity index (χ1v) is 7.35. The fourth-order valence-corrected chi connectivity index (χ4v) is 2.39. The van der Waals surface area contributed by atoms with E-state index < -0.39 is 0 Å². The van der Waals surface area contributed by atoms with Crippen molar-refractivity contribution in [3.8, 4) is 0 Å². The van der Waals surface area contributed by atoms with Crippen LogP contribution in [0, 0.1) is 5.92 Å². The Morgan fingerprint density at radius 1 is 1.40 bits per heavy atom. The maximum Gasteiger partial charge on any atom is 0.317 e. The van der Waals surface area contributed by atoms with Crippen LogP contribution in [0.2, 0.25) is 0 Å². The zero-order valence-electron chi connectivity index (χ0n) is 11.6. The Labute approximate surface area is 119 Å². The predicted molar refractivity (Wildman–Crippen MR) is 75.1 cm³/mol. The van der Waals surface area contributed by atoms with Gasteiger partial charge in [-0.3, -0.25) is 4.98 Å². The first kappa shape index (κ1) is 13.4. The molecule has 1 unspecified atom stereocenters. The molecule has 0 aromatic carbocycles. The molecule has 0 bridgehead atoms. The van der Waals surface area contributed by atoms with Crippen LogP contribution in [0.15, 0.2) is 24.4 Å². The molecule has 0 spiro atoms. The van der Waals surface area contributed by atoms with Crippen molar-refractivity contribution in [2.75, 3.05) is 19.7 Å². The lowest BCUT2D eigenvalue weighted by Gasteiger charge is -2.17. The average molecular weight is 275 g/mol. The minimum Gasteiger partial charge on any atom is -0.376 e. The van der Waals surface area contributed by atoms with Crippen molar-refractivity contribution in [3.05, 3.63) is 30.1 Å². The lowest BCUT2D eigenvalue weighted by atomic mass is 10.3. The van der Waals surface area contributed by atoms with E-state index in [1.807, 2.05) is 23.1 Å². The molecule has 1 aliphatic heterocycles. The van der Waals surface area contributed by atoms with E-state index in [1.54, 1.807) is 6.20 Å². The summed E-state index contributed by atoms with van der Waals surface area (Å²) in [4.78, 5) is 18.1. The van der Waals surface area contributed by atoms with Crippen molar-refractivity contribution in [1.82, 2.24) is 15.2 Å². The second-order valence-corrected chi connectivity index (χ2v) is 5.61. The van der Waals surface area contributed by atoms with Gasteiger partial charge in [0.2, 0.25) is 0 Å². The smallest absolute Gasteiger partial charge is 0.317 e. The van der Waals surface area contributed by atoms with Gasteiger partial charge >= 0.3 is 6.03 Å². The molecule has 2 heterocycles. The Balaban J connectivity index is 1.39. The number of likely N-dealkylation sites (tertiary alicyclic amines) is 1. The van der Waals surface area contributed by atoms with Gasteiger partial charge in [-0.15, -0.1) is 0 Å². The molecule has 1 aromatic rings. The van der Waals surface area contributed by atoms with Crippen LogP contribution in [-0.2, 0) is 11.3 Å². The number of ether oxygens (including phenoxy) is 1. The molecule has 5 heteroatoms. The molecule has 2 aliphatic rings. The topological polar surface area (TPSA) is 54.5 Å². The fourth-order valence-electron chi connectivity index (χ4n) is 2.39. The summed E-state index contributed by atoms with van der Waals surface area (Å²) in [6.07, 6.45) is 5.52. The van der Waals surface area contributed by atoms with Crippen molar-refractivity contribution >= 4 is 6.03 Å². The van der Waals surface area contributed by atoms with Crippen LogP contribution >= 0.6 is 0 Å². The van der Waals surface area contributed by atoms with Gasteiger partial charge in [0, 0.05) is 25.9 Å². The maximum absolute atomic E-state index is 12.0. The second kappa shape index (κ2) is 6.22. The van der Waals surface area contributed by atoms with E-state index in [0.29, 0.717) is 13.1 Å². The van der Waals surface area contributed by atoms with Gasteiger partial charge in [0.1, 0.15) is 0 Å². The summed E-state index contributed by atoms with van der Waals surface area (Å²) in [6, 6.07) is 5.68. The highest BCUT2D eigenvalue weighted by Gasteiger charge is 2.29. The SMILES string of the molecule is O=C(NCc1ccccn1)N1CCC(OCC2CC2)C1. The summed E-state index contributed by atoms with van der Waals surface area (Å²) in [5, 5.41) is 2.91. The average Bonchev–Trinajstić information content (AvgIpc) is 3.20. The number of carbonyl (C=O) groups is 1. The van der Waals surface area contributed by atoms with E-state index in [4.69, 9.17) is 4.74 Å². The lowest BCUT2D eigenvalue weighted by molar-refractivity contribution is 0.0538. The molecule has 1 N–H and O–H groups in total. The van der Waals surface area contributed by atoms with Gasteiger partial charge < -0.3 is 15.0 Å². The molecule has 3 rings (SSSR count). The zero-order chi connectivity index (χ0) is 13.8. The highest BCUT2D eigenvalue weighted by Crippen LogP contribution is 2.29. The van der Waals surface area contributed by atoms with Crippen molar-refractivity contribution in [1.29, 1.82) is 0 Å². The molecule has 20 heavy (non-hydrogen) atoms. The Morgan fingerprint density at radius 2 is 2.30 bits per heavy atom. The molecule has 5 nitrogen and oxygen atoms in total. The third kappa shape index (κ3) is 3.70. The number of urea groups is 1. The molecule has 2 amide bonds. The highest BCUT2D eigenvalue weighted by atomic mass is 16.5. The lowest BCUT2D eigenvalue weighted by Crippen LogP contribution is -2.38. The molecule has 0 radical (unpaired) electrons. The number of nitrogens with zero attached hydrogens (tertiary/aromatic N) is 2. The second-order valence-electron chi connectivity index (χ2n) is 5.61. The first-order valence-electron chi connectivity index (χ1n) is 7.35. The number of pyridine rings is 1. The molecule has 1 atom stereocenters. The van der Waals surface area contributed by atoms with E-state index in [0.717, 1.165) is 31.2 Å². The Hall–Kier alpha value is -1.62. The number of aromatic nitrogens is 1. The molecule has 2 fully saturated rings.